The summed E-state index contributed by atoms with van der Waals surface area (Å²) in [4.78, 5) is 27.4. The number of hydrogen-bond acceptors (Lipinski definition) is 5. The Bertz CT molecular complexity index is 1450. The van der Waals surface area contributed by atoms with Crippen LogP contribution in [-0.4, -0.2) is 48.8 Å². The van der Waals surface area contributed by atoms with Crippen molar-refractivity contribution in [3.8, 4) is 5.75 Å². The highest BCUT2D eigenvalue weighted by Gasteiger charge is 2.37. The van der Waals surface area contributed by atoms with E-state index in [-0.39, 0.29) is 48.5 Å². The van der Waals surface area contributed by atoms with Gasteiger partial charge in [-0.1, -0.05) is 30.3 Å². The predicted octanol–water partition coefficient (Wildman–Crippen LogP) is 6.16. The minimum Gasteiger partial charge on any atom is -0.494 e. The van der Waals surface area contributed by atoms with Crippen molar-refractivity contribution in [2.45, 2.75) is 57.2 Å². The molecule has 1 saturated heterocycles. The summed E-state index contributed by atoms with van der Waals surface area (Å²) < 4.78 is 85.2. The molecule has 3 N–H and O–H groups in total. The molecule has 0 saturated carbocycles. The van der Waals surface area contributed by atoms with Crippen LogP contribution in [0.25, 0.3) is 0 Å². The highest BCUT2D eigenvalue weighted by Crippen LogP contribution is 2.36. The van der Waals surface area contributed by atoms with Gasteiger partial charge in [0.1, 0.15) is 5.75 Å². The van der Waals surface area contributed by atoms with Crippen LogP contribution in [0.1, 0.15) is 52.4 Å². The van der Waals surface area contributed by atoms with E-state index in [9.17, 15) is 41.0 Å². The maximum atomic E-state index is 13.5. The molecule has 4 rings (SSSR count). The minimum atomic E-state index is -4.98. The third-order valence-electron chi connectivity index (χ3n) is 7.26. The first-order valence-electron chi connectivity index (χ1n) is 14.3. The maximum absolute atomic E-state index is 13.5. The summed E-state index contributed by atoms with van der Waals surface area (Å²) in [5.74, 6) is -0.278. The number of carbonyl (C=O) groups excluding carboxylic acids is 2. The molecule has 3 aromatic carbocycles. The van der Waals surface area contributed by atoms with E-state index in [4.69, 9.17) is 4.74 Å². The normalized spacial score (nSPS) is 14.9. The number of amides is 2. The predicted molar refractivity (Wildman–Crippen MR) is 162 cm³/mol. The lowest BCUT2D eigenvalue weighted by Crippen LogP contribution is -2.48. The van der Waals surface area contributed by atoms with Crippen molar-refractivity contribution in [3.63, 3.8) is 0 Å². The second kappa shape index (κ2) is 15.7. The van der Waals surface area contributed by atoms with Gasteiger partial charge in [0.15, 0.2) is 0 Å². The molecule has 2 amide bonds. The van der Waals surface area contributed by atoms with Gasteiger partial charge < -0.3 is 25.4 Å². The molecule has 2 atom stereocenters. The zero-order valence-corrected chi connectivity index (χ0v) is 25.6. The molecular formula is C32H34ClF6N3O4. The van der Waals surface area contributed by atoms with Crippen molar-refractivity contribution >= 4 is 29.9 Å². The summed E-state index contributed by atoms with van der Waals surface area (Å²) in [7, 11) is 0. The molecule has 1 heterocycles. The summed E-state index contributed by atoms with van der Waals surface area (Å²) in [6.07, 6.45) is -10.0. The van der Waals surface area contributed by atoms with E-state index in [0.717, 1.165) is 5.56 Å². The molecule has 0 bridgehead atoms. The van der Waals surface area contributed by atoms with E-state index in [1.54, 1.807) is 54.3 Å². The summed E-state index contributed by atoms with van der Waals surface area (Å²) in [5.41, 5.74) is -1.71. The number of carbonyl (C=O) groups is 2. The van der Waals surface area contributed by atoms with Crippen molar-refractivity contribution < 1.29 is 45.8 Å². The Balaban J connectivity index is 0.00000576. The van der Waals surface area contributed by atoms with Crippen molar-refractivity contribution in [2.75, 3.05) is 24.6 Å². The number of hydrogen-bond donors (Lipinski definition) is 3. The summed E-state index contributed by atoms with van der Waals surface area (Å²) in [5, 5.41) is 16.6. The second-order valence-electron chi connectivity index (χ2n) is 10.7. The first kappa shape index (κ1) is 36.7. The Labute approximate surface area is 268 Å². The average molecular weight is 674 g/mol. The average Bonchev–Trinajstić information content (AvgIpc) is 3.42. The zero-order valence-electron chi connectivity index (χ0n) is 24.8. The summed E-state index contributed by atoms with van der Waals surface area (Å²) in [6.45, 7) is 1.92. The number of benzene rings is 3. The van der Waals surface area contributed by atoms with Crippen LogP contribution in [0.2, 0.25) is 0 Å². The molecule has 1 aliphatic heterocycles. The summed E-state index contributed by atoms with van der Waals surface area (Å²) in [6, 6.07) is 14.0. The van der Waals surface area contributed by atoms with Crippen LogP contribution in [0.5, 0.6) is 5.75 Å². The van der Waals surface area contributed by atoms with Crippen molar-refractivity contribution in [2.24, 2.45) is 0 Å². The van der Waals surface area contributed by atoms with Gasteiger partial charge in [-0.25, -0.2) is 0 Å². The van der Waals surface area contributed by atoms with E-state index in [1.807, 2.05) is 0 Å². The van der Waals surface area contributed by atoms with E-state index in [2.05, 4.69) is 10.6 Å². The molecule has 0 aliphatic carbocycles. The summed E-state index contributed by atoms with van der Waals surface area (Å²) >= 11 is 0. The smallest absolute Gasteiger partial charge is 0.416 e. The van der Waals surface area contributed by atoms with Gasteiger partial charge >= 0.3 is 12.4 Å². The molecule has 14 heteroatoms. The van der Waals surface area contributed by atoms with Crippen molar-refractivity contribution in [1.82, 2.24) is 10.6 Å². The van der Waals surface area contributed by atoms with E-state index >= 15 is 0 Å². The van der Waals surface area contributed by atoms with Gasteiger partial charge in [-0.05, 0) is 61.2 Å². The highest BCUT2D eigenvalue weighted by molar-refractivity contribution is 5.99. The zero-order chi connectivity index (χ0) is 32.8. The fourth-order valence-corrected chi connectivity index (χ4v) is 5.07. The second-order valence-corrected chi connectivity index (χ2v) is 10.7. The van der Waals surface area contributed by atoms with Crippen LogP contribution in [0.4, 0.5) is 32.0 Å². The topological polar surface area (TPSA) is 90.9 Å². The number of rotatable bonds is 12. The van der Waals surface area contributed by atoms with Crippen molar-refractivity contribution in [1.29, 1.82) is 0 Å². The number of nitrogens with one attached hydrogen (secondary N) is 2. The van der Waals surface area contributed by atoms with Crippen LogP contribution >= 0.6 is 12.4 Å². The van der Waals surface area contributed by atoms with Gasteiger partial charge in [-0.15, -0.1) is 12.4 Å². The van der Waals surface area contributed by atoms with E-state index in [1.165, 1.54) is 6.07 Å². The molecule has 7 nitrogen and oxygen atoms in total. The number of halogens is 7. The van der Waals surface area contributed by atoms with Gasteiger partial charge in [0.25, 0.3) is 5.91 Å². The number of alkyl halides is 6. The number of ether oxygens (including phenoxy) is 1. The van der Waals surface area contributed by atoms with Crippen LogP contribution in [-0.2, 0) is 30.1 Å². The molecule has 46 heavy (non-hydrogen) atoms. The lowest BCUT2D eigenvalue weighted by atomic mass is 10.00. The molecule has 3 aromatic rings. The van der Waals surface area contributed by atoms with E-state index in [0.29, 0.717) is 49.6 Å². The van der Waals surface area contributed by atoms with Gasteiger partial charge in [0.2, 0.25) is 5.91 Å². The fourth-order valence-electron chi connectivity index (χ4n) is 5.07. The quantitative estimate of drug-likeness (QED) is 0.200. The fraction of sp³-hybridized carbons (Fsp3) is 0.375. The number of aliphatic hydroxyl groups is 1. The molecule has 1 aliphatic rings. The Morgan fingerprint density at radius 3 is 2.17 bits per heavy atom. The standard InChI is InChI=1S/C32H33F6N3O4.ClH/c1-2-45-26-15-22(14-25(17-26)41-10-6-9-29(41)43)30(44)40-27(13-20-7-4-3-5-8-20)28(42)19-39-18-21-11-23(31(33,34)35)16-24(12-21)32(36,37)38;/h3-5,7-8,11-12,14-17,27-28,39,42H,2,6,9-10,13,18-19H2,1H3,(H,40,44);1H/t27-,28-;/m0./s1. The van der Waals surface area contributed by atoms with Crippen LogP contribution in [0.15, 0.2) is 66.7 Å². The lowest BCUT2D eigenvalue weighted by molar-refractivity contribution is -0.143. The first-order valence-corrected chi connectivity index (χ1v) is 14.3. The molecule has 1 fully saturated rings. The number of anilines is 1. The number of aliphatic hydroxyl groups excluding tert-OH is 1. The Morgan fingerprint density at radius 2 is 1.61 bits per heavy atom. The maximum Gasteiger partial charge on any atom is 0.416 e. The van der Waals surface area contributed by atoms with E-state index < -0.39 is 48.1 Å². The van der Waals surface area contributed by atoms with Gasteiger partial charge in [0, 0.05) is 43.4 Å². The Morgan fingerprint density at radius 1 is 0.957 bits per heavy atom. The third-order valence-corrected chi connectivity index (χ3v) is 7.26. The third kappa shape index (κ3) is 9.84. The number of nitrogens with zero attached hydrogens (tertiary/aromatic N) is 1. The van der Waals surface area contributed by atoms with Gasteiger partial charge in [0.05, 0.1) is 29.9 Å². The Hall–Kier alpha value is -3.81. The van der Waals surface area contributed by atoms with Crippen LogP contribution in [0.3, 0.4) is 0 Å². The van der Waals surface area contributed by atoms with Gasteiger partial charge in [-0.3, -0.25) is 9.59 Å². The molecule has 0 spiro atoms. The van der Waals surface area contributed by atoms with Crippen LogP contribution < -0.4 is 20.3 Å². The van der Waals surface area contributed by atoms with Gasteiger partial charge in [-0.2, -0.15) is 26.3 Å². The monoisotopic (exact) mass is 673 g/mol. The molecular weight excluding hydrogens is 640 g/mol. The van der Waals surface area contributed by atoms with Crippen molar-refractivity contribution in [3.05, 3.63) is 94.5 Å². The molecule has 0 unspecified atom stereocenters. The lowest BCUT2D eigenvalue weighted by Gasteiger charge is -2.25. The SMILES string of the molecule is CCOc1cc(C(=O)N[C@@H](Cc2ccccc2)[C@@H](O)CNCc2cc(C(F)(F)F)cc(C(F)(F)F)c2)cc(N2CCCC2=O)c1.Cl. The molecule has 0 radical (unpaired) electrons. The largest absolute Gasteiger partial charge is 0.494 e. The minimum absolute atomic E-state index is 0. The Kier molecular flexibility index (Phi) is 12.5. The molecule has 250 valence electrons. The molecule has 0 aromatic heterocycles. The first-order chi connectivity index (χ1) is 21.2. The van der Waals surface area contributed by atoms with Crippen LogP contribution in [0, 0.1) is 0 Å². The highest BCUT2D eigenvalue weighted by atomic mass is 35.5.